The number of nitrogens with zero attached hydrogens (tertiary/aromatic N) is 3. The van der Waals surface area contributed by atoms with E-state index in [-0.39, 0.29) is 17.9 Å². The van der Waals surface area contributed by atoms with Crippen molar-refractivity contribution in [3.8, 4) is 0 Å². The molecular formula is C19H25N3O5. The first kappa shape index (κ1) is 18.2. The Labute approximate surface area is 158 Å². The Morgan fingerprint density at radius 1 is 1.52 bits per heavy atom. The van der Waals surface area contributed by atoms with Gasteiger partial charge < -0.3 is 23.8 Å². The fraction of sp³-hybridized carbons (Fsp3) is 0.632. The third-order valence-electron chi connectivity index (χ3n) is 5.62. The molecule has 2 amide bonds. The van der Waals surface area contributed by atoms with Gasteiger partial charge in [-0.2, -0.15) is 0 Å². The second-order valence-electron chi connectivity index (χ2n) is 7.49. The largest absolute Gasteiger partial charge is 0.380 e. The van der Waals surface area contributed by atoms with Gasteiger partial charge in [0.2, 0.25) is 11.8 Å². The third-order valence-corrected chi connectivity index (χ3v) is 5.62. The lowest BCUT2D eigenvalue weighted by atomic mass is 9.76. The summed E-state index contributed by atoms with van der Waals surface area (Å²) in [5.74, 6) is -0.489. The molecule has 2 fully saturated rings. The molecule has 2 saturated heterocycles. The van der Waals surface area contributed by atoms with Gasteiger partial charge in [0.15, 0.2) is 5.76 Å². The molecule has 0 saturated carbocycles. The first-order chi connectivity index (χ1) is 12.9. The first-order valence-electron chi connectivity index (χ1n) is 9.36. The molecule has 27 heavy (non-hydrogen) atoms. The molecule has 0 unspecified atom stereocenters. The van der Waals surface area contributed by atoms with E-state index in [2.05, 4.69) is 5.16 Å². The minimum Gasteiger partial charge on any atom is -0.380 e. The predicted octanol–water partition coefficient (Wildman–Crippen LogP) is 0.760. The number of amides is 2. The monoisotopic (exact) mass is 375 g/mol. The van der Waals surface area contributed by atoms with Crippen molar-refractivity contribution in [2.45, 2.75) is 32.1 Å². The summed E-state index contributed by atoms with van der Waals surface area (Å²) in [5.41, 5.74) is 0.0877. The highest BCUT2D eigenvalue weighted by molar-refractivity contribution is 5.93. The van der Waals surface area contributed by atoms with E-state index in [1.54, 1.807) is 22.9 Å². The smallest absolute Gasteiger partial charge is 0.230 e. The first-order valence-corrected chi connectivity index (χ1v) is 9.36. The molecule has 3 aliphatic rings. The number of ether oxygens (including phenoxy) is 2. The maximum absolute atomic E-state index is 13.2. The quantitative estimate of drug-likeness (QED) is 0.517. The SMILES string of the molecule is CCOCCN1C[C@]23C=C[C@H](O2)[C@H](C(=O)N(C)Cc2cc(C)no2)[C@@H]3C1=O. The molecule has 0 radical (unpaired) electrons. The molecule has 146 valence electrons. The molecule has 1 aromatic heterocycles. The number of hydrogen-bond donors (Lipinski definition) is 0. The van der Waals surface area contributed by atoms with Gasteiger partial charge in [-0.25, -0.2) is 0 Å². The van der Waals surface area contributed by atoms with Gasteiger partial charge in [-0.15, -0.1) is 0 Å². The van der Waals surface area contributed by atoms with Crippen molar-refractivity contribution >= 4 is 11.8 Å². The molecule has 0 N–H and O–H groups in total. The van der Waals surface area contributed by atoms with E-state index in [1.807, 2.05) is 26.0 Å². The molecular weight excluding hydrogens is 350 g/mol. The molecule has 3 aliphatic heterocycles. The van der Waals surface area contributed by atoms with Gasteiger partial charge >= 0.3 is 0 Å². The number of fused-ring (bicyclic) bond motifs is 1. The maximum Gasteiger partial charge on any atom is 0.230 e. The number of carbonyl (C=O) groups excluding carboxylic acids is 2. The van der Waals surface area contributed by atoms with Gasteiger partial charge in [-0.1, -0.05) is 17.3 Å². The van der Waals surface area contributed by atoms with E-state index < -0.39 is 17.4 Å². The molecule has 4 atom stereocenters. The molecule has 0 aliphatic carbocycles. The van der Waals surface area contributed by atoms with Crippen molar-refractivity contribution in [2.75, 3.05) is 33.4 Å². The molecule has 4 heterocycles. The van der Waals surface area contributed by atoms with Crippen LogP contribution < -0.4 is 0 Å². The summed E-state index contributed by atoms with van der Waals surface area (Å²) in [6, 6.07) is 1.80. The van der Waals surface area contributed by atoms with Crippen LogP contribution in [0.1, 0.15) is 18.4 Å². The summed E-state index contributed by atoms with van der Waals surface area (Å²) in [6.45, 7) is 6.17. The van der Waals surface area contributed by atoms with Gasteiger partial charge in [-0.3, -0.25) is 9.59 Å². The minimum absolute atomic E-state index is 0.0242. The summed E-state index contributed by atoms with van der Waals surface area (Å²) in [5, 5.41) is 3.85. The lowest BCUT2D eigenvalue weighted by Gasteiger charge is -2.27. The van der Waals surface area contributed by atoms with E-state index in [0.29, 0.717) is 38.6 Å². The third kappa shape index (κ3) is 2.96. The number of aryl methyl sites for hydroxylation is 1. The zero-order valence-electron chi connectivity index (χ0n) is 15.9. The Hall–Kier alpha value is -2.19. The van der Waals surface area contributed by atoms with Crippen molar-refractivity contribution < 1.29 is 23.6 Å². The van der Waals surface area contributed by atoms with Crippen molar-refractivity contribution in [2.24, 2.45) is 11.8 Å². The zero-order chi connectivity index (χ0) is 19.2. The van der Waals surface area contributed by atoms with E-state index in [9.17, 15) is 9.59 Å². The summed E-state index contributed by atoms with van der Waals surface area (Å²) < 4.78 is 16.7. The van der Waals surface area contributed by atoms with Crippen LogP contribution in [0.3, 0.4) is 0 Å². The van der Waals surface area contributed by atoms with Gasteiger partial charge in [0, 0.05) is 26.3 Å². The fourth-order valence-electron chi connectivity index (χ4n) is 4.43. The average molecular weight is 375 g/mol. The van der Waals surface area contributed by atoms with Crippen molar-refractivity contribution in [1.29, 1.82) is 0 Å². The topological polar surface area (TPSA) is 85.1 Å². The summed E-state index contributed by atoms with van der Waals surface area (Å²) in [4.78, 5) is 29.5. The lowest BCUT2D eigenvalue weighted by molar-refractivity contribution is -0.143. The predicted molar refractivity (Wildman–Crippen MR) is 94.5 cm³/mol. The van der Waals surface area contributed by atoms with Gasteiger partial charge in [0.05, 0.1) is 43.3 Å². The Morgan fingerprint density at radius 3 is 3.04 bits per heavy atom. The Morgan fingerprint density at radius 2 is 2.33 bits per heavy atom. The van der Waals surface area contributed by atoms with Crippen LogP contribution in [0.5, 0.6) is 0 Å². The zero-order valence-corrected chi connectivity index (χ0v) is 15.9. The molecule has 0 aromatic carbocycles. The summed E-state index contributed by atoms with van der Waals surface area (Å²) in [7, 11) is 1.72. The van der Waals surface area contributed by atoms with Crippen molar-refractivity contribution in [3.05, 3.63) is 29.7 Å². The Balaban J connectivity index is 1.49. The highest BCUT2D eigenvalue weighted by atomic mass is 16.5. The fourth-order valence-corrected chi connectivity index (χ4v) is 4.43. The van der Waals surface area contributed by atoms with E-state index >= 15 is 0 Å². The molecule has 8 nitrogen and oxygen atoms in total. The minimum atomic E-state index is -0.683. The van der Waals surface area contributed by atoms with E-state index in [4.69, 9.17) is 14.0 Å². The molecule has 2 bridgehead atoms. The molecule has 1 aromatic rings. The lowest BCUT2D eigenvalue weighted by Crippen LogP contribution is -2.44. The van der Waals surface area contributed by atoms with Gasteiger partial charge in [0.1, 0.15) is 5.60 Å². The van der Waals surface area contributed by atoms with Crippen LogP contribution in [0.4, 0.5) is 0 Å². The summed E-state index contributed by atoms with van der Waals surface area (Å²) in [6.07, 6.45) is 3.54. The van der Waals surface area contributed by atoms with Crippen LogP contribution in [-0.4, -0.2) is 71.8 Å². The van der Waals surface area contributed by atoms with Crippen LogP contribution >= 0.6 is 0 Å². The Bertz CT molecular complexity index is 775. The Kier molecular flexibility index (Phi) is 4.55. The van der Waals surface area contributed by atoms with Gasteiger partial charge in [0.25, 0.3) is 0 Å². The summed E-state index contributed by atoms with van der Waals surface area (Å²) >= 11 is 0. The highest BCUT2D eigenvalue weighted by Crippen LogP contribution is 2.52. The number of carbonyl (C=O) groups is 2. The normalized spacial score (nSPS) is 31.0. The molecule has 4 rings (SSSR count). The number of rotatable bonds is 7. The van der Waals surface area contributed by atoms with Gasteiger partial charge in [-0.05, 0) is 13.8 Å². The van der Waals surface area contributed by atoms with Crippen molar-refractivity contribution in [3.63, 3.8) is 0 Å². The van der Waals surface area contributed by atoms with Crippen LogP contribution in [0.15, 0.2) is 22.7 Å². The highest BCUT2D eigenvalue weighted by Gasteiger charge is 2.67. The van der Waals surface area contributed by atoms with Crippen molar-refractivity contribution in [1.82, 2.24) is 15.0 Å². The molecule has 1 spiro atoms. The maximum atomic E-state index is 13.2. The van der Waals surface area contributed by atoms with E-state index in [1.165, 1.54) is 0 Å². The number of likely N-dealkylation sites (tertiary alicyclic amines) is 1. The number of hydrogen-bond acceptors (Lipinski definition) is 6. The average Bonchev–Trinajstić information content (AvgIpc) is 3.37. The van der Waals surface area contributed by atoms with Crippen LogP contribution in [-0.2, 0) is 25.6 Å². The standard InChI is InChI=1S/C19H25N3O5/c1-4-25-8-7-22-11-19-6-5-14(26-19)15(16(19)18(22)24)17(23)21(3)10-13-9-12(2)20-27-13/h5-6,9,14-16H,4,7-8,10-11H2,1-3H3/t14-,15-,16+,19-/m0/s1. The number of aromatic nitrogens is 1. The van der Waals surface area contributed by atoms with Crippen LogP contribution in [0.2, 0.25) is 0 Å². The van der Waals surface area contributed by atoms with Crippen LogP contribution in [0, 0.1) is 18.8 Å². The second-order valence-corrected chi connectivity index (χ2v) is 7.49. The second kappa shape index (κ2) is 6.76. The van der Waals surface area contributed by atoms with E-state index in [0.717, 1.165) is 5.69 Å². The van der Waals surface area contributed by atoms with Crippen LogP contribution in [0.25, 0.3) is 0 Å². The molecule has 8 heteroatoms.